The molecule has 1 aromatic rings. The number of hydrogen-bond acceptors (Lipinski definition) is 3. The van der Waals surface area contributed by atoms with Crippen molar-refractivity contribution in [3.05, 3.63) is 18.2 Å². The lowest BCUT2D eigenvalue weighted by atomic mass is 10.0. The number of hydrogen-bond donors (Lipinski definition) is 1. The maximum absolute atomic E-state index is 5.93. The molecule has 1 aliphatic rings. The van der Waals surface area contributed by atoms with Crippen molar-refractivity contribution in [2.45, 2.75) is 37.8 Å². The van der Waals surface area contributed by atoms with E-state index in [0.29, 0.717) is 12.0 Å². The molecule has 0 spiro atoms. The number of imidazole rings is 1. The molecule has 4 nitrogen and oxygen atoms in total. The van der Waals surface area contributed by atoms with Crippen molar-refractivity contribution in [3.63, 3.8) is 0 Å². The largest absolute Gasteiger partial charge is 0.383 e. The fraction of sp³-hybridized carbons (Fsp3) is 0.727. The summed E-state index contributed by atoms with van der Waals surface area (Å²) >= 11 is 0. The Morgan fingerprint density at radius 1 is 1.47 bits per heavy atom. The topological polar surface area (TPSA) is 53.1 Å². The number of ether oxygens (including phenoxy) is 1. The summed E-state index contributed by atoms with van der Waals surface area (Å²) in [4.78, 5) is 4.21. The first-order valence-corrected chi connectivity index (χ1v) is 5.56. The Kier molecular flexibility index (Phi) is 7.79. The number of aromatic nitrogens is 2. The summed E-state index contributed by atoms with van der Waals surface area (Å²) in [5.74, 6) is 0.597. The van der Waals surface area contributed by atoms with Gasteiger partial charge in [-0.1, -0.05) is 0 Å². The second-order valence-corrected chi connectivity index (χ2v) is 4.27. The molecule has 1 aromatic heterocycles. The van der Waals surface area contributed by atoms with E-state index in [9.17, 15) is 0 Å². The Labute approximate surface area is 115 Å². The summed E-state index contributed by atoms with van der Waals surface area (Å²) in [6.07, 6.45) is 7.29. The molecule has 0 saturated heterocycles. The van der Waals surface area contributed by atoms with Crippen molar-refractivity contribution in [3.8, 4) is 0 Å². The van der Waals surface area contributed by atoms with Crippen LogP contribution in [-0.4, -0.2) is 29.3 Å². The zero-order valence-electron chi connectivity index (χ0n) is 10.0. The minimum Gasteiger partial charge on any atom is -0.383 e. The second kappa shape index (κ2) is 7.93. The van der Waals surface area contributed by atoms with Crippen LogP contribution in [0.3, 0.4) is 0 Å². The first-order chi connectivity index (χ1) is 7.31. The molecule has 1 fully saturated rings. The molecule has 6 heteroatoms. The number of rotatable bonds is 4. The third kappa shape index (κ3) is 4.14. The van der Waals surface area contributed by atoms with E-state index < -0.39 is 0 Å². The Morgan fingerprint density at radius 3 is 2.82 bits per heavy atom. The van der Waals surface area contributed by atoms with E-state index >= 15 is 0 Å². The predicted octanol–water partition coefficient (Wildman–Crippen LogP) is 1.97. The predicted molar refractivity (Wildman–Crippen MR) is 73.2 cm³/mol. The number of nitrogens with two attached hydrogens (primary N) is 1. The summed E-state index contributed by atoms with van der Waals surface area (Å²) in [5.41, 5.74) is 7.25. The Bertz CT molecular complexity index is 319. The Balaban J connectivity index is 0.00000128. The van der Waals surface area contributed by atoms with Crippen LogP contribution >= 0.6 is 24.8 Å². The van der Waals surface area contributed by atoms with Crippen molar-refractivity contribution >= 4 is 24.8 Å². The summed E-state index contributed by atoms with van der Waals surface area (Å²) in [6.45, 7) is 1.62. The molecule has 1 heterocycles. The van der Waals surface area contributed by atoms with Gasteiger partial charge < -0.3 is 15.0 Å². The minimum atomic E-state index is 0. The van der Waals surface area contributed by atoms with Gasteiger partial charge in [-0.15, -0.1) is 24.8 Å². The zero-order valence-corrected chi connectivity index (χ0v) is 11.7. The van der Waals surface area contributed by atoms with Gasteiger partial charge in [-0.05, 0) is 19.3 Å². The monoisotopic (exact) mass is 281 g/mol. The smallest absolute Gasteiger partial charge is 0.0949 e. The fourth-order valence-corrected chi connectivity index (χ4v) is 2.33. The van der Waals surface area contributed by atoms with Crippen LogP contribution in [0.25, 0.3) is 0 Å². The molecule has 2 N–H and O–H groups in total. The minimum absolute atomic E-state index is 0. The second-order valence-electron chi connectivity index (χ2n) is 4.27. The molecular formula is C11H21Cl2N3O. The summed E-state index contributed by atoms with van der Waals surface area (Å²) < 4.78 is 7.27. The van der Waals surface area contributed by atoms with Crippen LogP contribution < -0.4 is 5.73 Å². The summed E-state index contributed by atoms with van der Waals surface area (Å²) in [6, 6.07) is 0.376. The molecule has 1 saturated carbocycles. The highest BCUT2D eigenvalue weighted by Crippen LogP contribution is 2.33. The SMILES string of the molecule is COCCn1cncc1C1CCC(N)C1.Cl.Cl. The fourth-order valence-electron chi connectivity index (χ4n) is 2.33. The number of halogens is 2. The molecule has 0 amide bonds. The van der Waals surface area contributed by atoms with Crippen LogP contribution in [-0.2, 0) is 11.3 Å². The summed E-state index contributed by atoms with van der Waals surface area (Å²) in [5, 5.41) is 0. The van der Waals surface area contributed by atoms with Gasteiger partial charge in [0.2, 0.25) is 0 Å². The molecule has 17 heavy (non-hydrogen) atoms. The van der Waals surface area contributed by atoms with Gasteiger partial charge in [-0.3, -0.25) is 0 Å². The maximum atomic E-state index is 5.93. The van der Waals surface area contributed by atoms with Crippen molar-refractivity contribution < 1.29 is 4.74 Å². The average Bonchev–Trinajstić information content (AvgIpc) is 2.82. The van der Waals surface area contributed by atoms with E-state index in [0.717, 1.165) is 26.0 Å². The molecular weight excluding hydrogens is 261 g/mol. The third-order valence-corrected chi connectivity index (χ3v) is 3.17. The molecule has 2 atom stereocenters. The van der Waals surface area contributed by atoms with Gasteiger partial charge in [0, 0.05) is 37.5 Å². The molecule has 0 aromatic carbocycles. The number of methoxy groups -OCH3 is 1. The Hall–Kier alpha value is -0.290. The normalized spacial score (nSPS) is 22.9. The van der Waals surface area contributed by atoms with Gasteiger partial charge in [0.15, 0.2) is 0 Å². The molecule has 100 valence electrons. The van der Waals surface area contributed by atoms with E-state index in [1.54, 1.807) is 7.11 Å². The van der Waals surface area contributed by atoms with Gasteiger partial charge in [0.1, 0.15) is 0 Å². The first-order valence-electron chi connectivity index (χ1n) is 5.56. The lowest BCUT2D eigenvalue weighted by molar-refractivity contribution is 0.186. The highest BCUT2D eigenvalue weighted by molar-refractivity contribution is 5.85. The first kappa shape index (κ1) is 16.7. The van der Waals surface area contributed by atoms with Gasteiger partial charge in [-0.25, -0.2) is 4.98 Å². The van der Waals surface area contributed by atoms with E-state index in [2.05, 4.69) is 9.55 Å². The van der Waals surface area contributed by atoms with Crippen molar-refractivity contribution in [1.82, 2.24) is 9.55 Å². The average molecular weight is 282 g/mol. The molecule has 0 radical (unpaired) electrons. The van der Waals surface area contributed by atoms with Crippen LogP contribution in [0.5, 0.6) is 0 Å². The lowest BCUT2D eigenvalue weighted by Gasteiger charge is -2.13. The Morgan fingerprint density at radius 2 is 2.24 bits per heavy atom. The maximum Gasteiger partial charge on any atom is 0.0949 e. The standard InChI is InChI=1S/C11H19N3O.2ClH/c1-15-5-4-14-8-13-7-11(14)9-2-3-10(12)6-9;;/h7-10H,2-6,12H2,1H3;2*1H. The van der Waals surface area contributed by atoms with Crippen molar-refractivity contribution in [1.29, 1.82) is 0 Å². The van der Waals surface area contributed by atoms with Gasteiger partial charge in [0.25, 0.3) is 0 Å². The van der Waals surface area contributed by atoms with E-state index in [4.69, 9.17) is 10.5 Å². The van der Waals surface area contributed by atoms with Crippen LogP contribution in [0, 0.1) is 0 Å². The molecule has 2 unspecified atom stereocenters. The van der Waals surface area contributed by atoms with E-state index in [-0.39, 0.29) is 24.8 Å². The molecule has 1 aliphatic carbocycles. The quantitative estimate of drug-likeness (QED) is 0.918. The van der Waals surface area contributed by atoms with Crippen molar-refractivity contribution in [2.75, 3.05) is 13.7 Å². The molecule has 0 aliphatic heterocycles. The molecule has 2 rings (SSSR count). The van der Waals surface area contributed by atoms with Gasteiger partial charge in [-0.2, -0.15) is 0 Å². The lowest BCUT2D eigenvalue weighted by Crippen LogP contribution is -2.15. The molecule has 0 bridgehead atoms. The van der Waals surface area contributed by atoms with Crippen molar-refractivity contribution in [2.24, 2.45) is 5.73 Å². The van der Waals surface area contributed by atoms with E-state index in [1.807, 2.05) is 12.5 Å². The van der Waals surface area contributed by atoms with Gasteiger partial charge >= 0.3 is 0 Å². The zero-order chi connectivity index (χ0) is 10.7. The highest BCUT2D eigenvalue weighted by Gasteiger charge is 2.25. The summed E-state index contributed by atoms with van der Waals surface area (Å²) in [7, 11) is 1.72. The third-order valence-electron chi connectivity index (χ3n) is 3.17. The highest BCUT2D eigenvalue weighted by atomic mass is 35.5. The van der Waals surface area contributed by atoms with Crippen LogP contribution in [0.2, 0.25) is 0 Å². The number of nitrogens with zero attached hydrogens (tertiary/aromatic N) is 2. The van der Waals surface area contributed by atoms with E-state index in [1.165, 1.54) is 12.1 Å². The van der Waals surface area contributed by atoms with Crippen LogP contribution in [0.1, 0.15) is 30.9 Å². The van der Waals surface area contributed by atoms with Gasteiger partial charge in [0.05, 0.1) is 12.9 Å². The van der Waals surface area contributed by atoms with Crippen LogP contribution in [0.15, 0.2) is 12.5 Å². The van der Waals surface area contributed by atoms with Crippen LogP contribution in [0.4, 0.5) is 0 Å².